The molecule has 1 atom stereocenters. The van der Waals surface area contributed by atoms with Gasteiger partial charge in [0.05, 0.1) is 17.1 Å². The van der Waals surface area contributed by atoms with E-state index in [4.69, 9.17) is 15.5 Å². The summed E-state index contributed by atoms with van der Waals surface area (Å²) in [6.07, 6.45) is 1.43. The summed E-state index contributed by atoms with van der Waals surface area (Å²) < 4.78 is 7.89. The Morgan fingerprint density at radius 1 is 1.09 bits per heavy atom. The van der Waals surface area contributed by atoms with Gasteiger partial charge < -0.3 is 19.8 Å². The third kappa shape index (κ3) is 3.99. The second-order valence-electron chi connectivity index (χ2n) is 8.73. The molecule has 5 rings (SSSR count). The molecule has 1 aliphatic heterocycles. The van der Waals surface area contributed by atoms with E-state index in [2.05, 4.69) is 40.5 Å². The van der Waals surface area contributed by atoms with Gasteiger partial charge in [0.2, 0.25) is 0 Å². The third-order valence-corrected chi connectivity index (χ3v) is 6.39. The fourth-order valence-electron chi connectivity index (χ4n) is 4.48. The van der Waals surface area contributed by atoms with Gasteiger partial charge in [-0.1, -0.05) is 37.3 Å². The van der Waals surface area contributed by atoms with E-state index in [9.17, 15) is 4.79 Å². The Hall–Kier alpha value is -3.84. The van der Waals surface area contributed by atoms with Gasteiger partial charge in [-0.15, -0.1) is 0 Å². The summed E-state index contributed by atoms with van der Waals surface area (Å²) in [5.74, 6) is 0.639. The lowest BCUT2D eigenvalue weighted by Crippen LogP contribution is -2.41. The van der Waals surface area contributed by atoms with Crippen LogP contribution in [-0.4, -0.2) is 39.9 Å². The first kappa shape index (κ1) is 22.0. The summed E-state index contributed by atoms with van der Waals surface area (Å²) in [5, 5.41) is 0. The minimum absolute atomic E-state index is 0.0623. The predicted molar refractivity (Wildman–Crippen MR) is 135 cm³/mol. The van der Waals surface area contributed by atoms with E-state index in [1.807, 2.05) is 42.6 Å². The van der Waals surface area contributed by atoms with E-state index >= 15 is 0 Å². The molecular weight excluding hydrogens is 426 g/mol. The molecule has 174 valence electrons. The summed E-state index contributed by atoms with van der Waals surface area (Å²) >= 11 is 0. The third-order valence-electron chi connectivity index (χ3n) is 6.39. The van der Waals surface area contributed by atoms with Crippen LogP contribution in [0.2, 0.25) is 0 Å². The highest BCUT2D eigenvalue weighted by atomic mass is 16.5. The molecule has 1 aliphatic rings. The first-order valence-corrected chi connectivity index (χ1v) is 11.6. The van der Waals surface area contributed by atoms with Crippen molar-refractivity contribution >= 4 is 22.9 Å². The second kappa shape index (κ2) is 8.83. The number of ether oxygens (including phenoxy) is 1. The zero-order chi connectivity index (χ0) is 23.8. The van der Waals surface area contributed by atoms with Crippen LogP contribution in [0.4, 0.5) is 11.4 Å². The van der Waals surface area contributed by atoms with E-state index < -0.39 is 6.10 Å². The molecule has 0 aliphatic carbocycles. The number of nitrogen functional groups attached to an aromatic ring is 1. The molecule has 7 nitrogen and oxygen atoms in total. The number of imidazole rings is 1. The average molecular weight is 456 g/mol. The lowest BCUT2D eigenvalue weighted by Gasteiger charge is -2.30. The zero-order valence-corrected chi connectivity index (χ0v) is 19.7. The molecule has 0 radical (unpaired) electrons. The smallest absolute Gasteiger partial charge is 0.267 e. The number of fused-ring (bicyclic) bond motifs is 2. The van der Waals surface area contributed by atoms with Crippen LogP contribution in [0.15, 0.2) is 66.9 Å². The maximum atomic E-state index is 12.5. The van der Waals surface area contributed by atoms with Gasteiger partial charge in [-0.2, -0.15) is 0 Å². The standard InChI is InChI=1S/C27H29N5O2/c1-4-31(15-19-8-6-5-7-9-19)17-23-26(29-25-13-11-21(28)16-32(23)25)20-10-12-24-22(14-20)30(3)27(33)18(2)34-24/h5-14,16,18H,4,15,17,28H2,1-3H3. The van der Waals surface area contributed by atoms with Gasteiger partial charge >= 0.3 is 0 Å². The van der Waals surface area contributed by atoms with Crippen molar-refractivity contribution in [1.82, 2.24) is 14.3 Å². The molecule has 0 spiro atoms. The molecule has 1 unspecified atom stereocenters. The summed E-state index contributed by atoms with van der Waals surface area (Å²) in [4.78, 5) is 21.5. The molecular formula is C27H29N5O2. The largest absolute Gasteiger partial charge is 0.479 e. The Balaban J connectivity index is 1.58. The van der Waals surface area contributed by atoms with Crippen LogP contribution < -0.4 is 15.4 Å². The van der Waals surface area contributed by atoms with Crippen LogP contribution in [0.25, 0.3) is 16.9 Å². The van der Waals surface area contributed by atoms with Gasteiger partial charge in [-0.05, 0) is 49.4 Å². The van der Waals surface area contributed by atoms with E-state index in [0.29, 0.717) is 18.0 Å². The first-order valence-electron chi connectivity index (χ1n) is 11.6. The van der Waals surface area contributed by atoms with Crippen molar-refractivity contribution < 1.29 is 9.53 Å². The molecule has 0 saturated carbocycles. The summed E-state index contributed by atoms with van der Waals surface area (Å²) in [6, 6.07) is 20.2. The van der Waals surface area contributed by atoms with E-state index in [-0.39, 0.29) is 5.91 Å². The Bertz CT molecular complexity index is 1350. The molecule has 2 aromatic carbocycles. The van der Waals surface area contributed by atoms with E-state index in [1.165, 1.54) is 5.56 Å². The Morgan fingerprint density at radius 2 is 1.88 bits per heavy atom. The summed E-state index contributed by atoms with van der Waals surface area (Å²) in [6.45, 7) is 6.35. The number of nitrogens with two attached hydrogens (primary N) is 1. The average Bonchev–Trinajstić information content (AvgIpc) is 3.20. The van der Waals surface area contributed by atoms with Crippen LogP contribution in [0.5, 0.6) is 5.75 Å². The van der Waals surface area contributed by atoms with E-state index in [1.54, 1.807) is 18.9 Å². The number of amides is 1. The number of aromatic nitrogens is 2. The molecule has 4 aromatic rings. The van der Waals surface area contributed by atoms with Crippen molar-refractivity contribution in [3.05, 3.63) is 78.1 Å². The number of likely N-dealkylation sites (N-methyl/N-ethyl adjacent to an activating group) is 1. The number of nitrogens with zero attached hydrogens (tertiary/aromatic N) is 4. The van der Waals surface area contributed by atoms with Crippen molar-refractivity contribution in [3.63, 3.8) is 0 Å². The van der Waals surface area contributed by atoms with Gasteiger partial charge in [0, 0.05) is 37.6 Å². The van der Waals surface area contributed by atoms with Crippen molar-refractivity contribution in [3.8, 4) is 17.0 Å². The highest BCUT2D eigenvalue weighted by Gasteiger charge is 2.29. The maximum Gasteiger partial charge on any atom is 0.267 e. The number of rotatable bonds is 6. The highest BCUT2D eigenvalue weighted by molar-refractivity contribution is 6.00. The van der Waals surface area contributed by atoms with Gasteiger partial charge in [-0.25, -0.2) is 4.98 Å². The number of carbonyl (C=O) groups is 1. The van der Waals surface area contributed by atoms with Crippen LogP contribution in [-0.2, 0) is 17.9 Å². The lowest BCUT2D eigenvalue weighted by atomic mass is 10.1. The molecule has 0 bridgehead atoms. The molecule has 3 heterocycles. The minimum atomic E-state index is -0.492. The zero-order valence-electron chi connectivity index (χ0n) is 19.7. The van der Waals surface area contributed by atoms with Crippen LogP contribution in [0.1, 0.15) is 25.1 Å². The monoisotopic (exact) mass is 455 g/mol. The highest BCUT2D eigenvalue weighted by Crippen LogP contribution is 2.38. The molecule has 2 N–H and O–H groups in total. The lowest BCUT2D eigenvalue weighted by molar-refractivity contribution is -0.125. The van der Waals surface area contributed by atoms with Crippen molar-refractivity contribution in [1.29, 1.82) is 0 Å². The Kier molecular flexibility index (Phi) is 5.71. The number of anilines is 2. The van der Waals surface area contributed by atoms with Crippen LogP contribution in [0.3, 0.4) is 0 Å². The molecule has 1 amide bonds. The maximum absolute atomic E-state index is 12.5. The van der Waals surface area contributed by atoms with Gasteiger partial charge in [0.25, 0.3) is 5.91 Å². The van der Waals surface area contributed by atoms with Crippen LogP contribution >= 0.6 is 0 Å². The minimum Gasteiger partial charge on any atom is -0.479 e. The summed E-state index contributed by atoms with van der Waals surface area (Å²) in [5.41, 5.74) is 12.5. The fourth-order valence-corrected chi connectivity index (χ4v) is 4.48. The number of benzene rings is 2. The van der Waals surface area contributed by atoms with Crippen LogP contribution in [0, 0.1) is 0 Å². The fraction of sp³-hybridized carbons (Fsp3) is 0.259. The molecule has 34 heavy (non-hydrogen) atoms. The Labute approximate surface area is 199 Å². The number of pyridine rings is 1. The van der Waals surface area contributed by atoms with Crippen molar-refractivity contribution in [2.75, 3.05) is 24.2 Å². The topological polar surface area (TPSA) is 76.1 Å². The van der Waals surface area contributed by atoms with Gasteiger partial charge in [0.15, 0.2) is 6.10 Å². The number of hydrogen-bond acceptors (Lipinski definition) is 5. The SMILES string of the molecule is CCN(Cc1ccccc1)Cc1c(-c2ccc3c(c2)N(C)C(=O)C(C)O3)nc2ccc(N)cn12. The first-order chi connectivity index (χ1) is 16.4. The molecule has 0 saturated heterocycles. The normalized spacial score (nSPS) is 15.6. The number of carbonyl (C=O) groups excluding carboxylic acids is 1. The van der Waals surface area contributed by atoms with E-state index in [0.717, 1.165) is 41.4 Å². The molecule has 0 fully saturated rings. The van der Waals surface area contributed by atoms with Crippen molar-refractivity contribution in [2.24, 2.45) is 0 Å². The predicted octanol–water partition coefficient (Wildman–Crippen LogP) is 4.35. The molecule has 7 heteroatoms. The van der Waals surface area contributed by atoms with Gasteiger partial charge in [0.1, 0.15) is 11.4 Å². The number of hydrogen-bond donors (Lipinski definition) is 1. The summed E-state index contributed by atoms with van der Waals surface area (Å²) in [7, 11) is 1.79. The van der Waals surface area contributed by atoms with Gasteiger partial charge in [-0.3, -0.25) is 9.69 Å². The van der Waals surface area contributed by atoms with Crippen molar-refractivity contribution in [2.45, 2.75) is 33.0 Å². The Morgan fingerprint density at radius 3 is 2.65 bits per heavy atom. The quantitative estimate of drug-likeness (QED) is 0.468. The molecule has 2 aromatic heterocycles. The second-order valence-corrected chi connectivity index (χ2v) is 8.73.